The van der Waals surface area contributed by atoms with Gasteiger partial charge in [0.2, 0.25) is 5.91 Å². The third-order valence-electron chi connectivity index (χ3n) is 5.80. The van der Waals surface area contributed by atoms with Gasteiger partial charge in [0.15, 0.2) is 5.65 Å². The second kappa shape index (κ2) is 9.93. The number of ether oxygens (including phenoxy) is 1. The monoisotopic (exact) mass is 459 g/mol. The predicted molar refractivity (Wildman–Crippen MR) is 133 cm³/mol. The molecule has 2 aromatic heterocycles. The van der Waals surface area contributed by atoms with Crippen LogP contribution in [-0.2, 0) is 4.79 Å². The fourth-order valence-corrected chi connectivity index (χ4v) is 3.98. The highest BCUT2D eigenvalue weighted by Gasteiger charge is 2.29. The number of aliphatic hydroxyl groups is 1. The number of anilines is 1. The molecule has 1 atom stereocenters. The van der Waals surface area contributed by atoms with Crippen molar-refractivity contribution in [2.45, 2.75) is 33.2 Å². The summed E-state index contributed by atoms with van der Waals surface area (Å²) >= 11 is 0. The molecule has 1 unspecified atom stereocenters. The number of benzene rings is 2. The molecule has 0 saturated carbocycles. The van der Waals surface area contributed by atoms with Crippen LogP contribution in [0.25, 0.3) is 22.2 Å². The molecule has 0 aliphatic heterocycles. The number of fused-ring (bicyclic) bond motifs is 1. The minimum absolute atomic E-state index is 0.0232. The van der Waals surface area contributed by atoms with Crippen molar-refractivity contribution in [1.82, 2.24) is 14.6 Å². The summed E-state index contributed by atoms with van der Waals surface area (Å²) in [5, 5.41) is 12.3. The van der Waals surface area contributed by atoms with Crippen molar-refractivity contribution >= 4 is 22.8 Å². The molecule has 2 heterocycles. The smallest absolute Gasteiger partial charge is 0.241 e. The molecule has 1 amide bonds. The number of para-hydroxylation sites is 1. The average molecular weight is 460 g/mol. The van der Waals surface area contributed by atoms with Crippen molar-refractivity contribution in [2.24, 2.45) is 5.92 Å². The number of carbonyl (C=O) groups is 1. The van der Waals surface area contributed by atoms with Crippen LogP contribution in [0.3, 0.4) is 0 Å². The van der Waals surface area contributed by atoms with Gasteiger partial charge in [-0.1, -0.05) is 51.1 Å². The molecule has 0 saturated heterocycles. The lowest BCUT2D eigenvalue weighted by Gasteiger charge is -2.33. The summed E-state index contributed by atoms with van der Waals surface area (Å²) in [7, 11) is 0. The number of nitrogen functional groups attached to an aromatic ring is 1. The van der Waals surface area contributed by atoms with Gasteiger partial charge in [-0.25, -0.2) is 19.7 Å². The van der Waals surface area contributed by atoms with Crippen molar-refractivity contribution < 1.29 is 14.6 Å². The predicted octanol–water partition coefficient (Wildman–Crippen LogP) is 4.36. The summed E-state index contributed by atoms with van der Waals surface area (Å²) in [5.41, 5.74) is 8.44. The summed E-state index contributed by atoms with van der Waals surface area (Å²) in [6.45, 7) is 5.56. The molecule has 2 aromatic carbocycles. The summed E-state index contributed by atoms with van der Waals surface area (Å²) in [6.07, 6.45) is 3.50. The SMILES string of the molecule is CCC(=O)N(C(CO)C(C)C)n1cc(-c2ccc(Oc3ccccc3)cc2)c2c(N)ncnc21. The van der Waals surface area contributed by atoms with Crippen LogP contribution in [0.4, 0.5) is 5.82 Å². The van der Waals surface area contributed by atoms with Crippen molar-refractivity contribution in [3.63, 3.8) is 0 Å². The number of hydrogen-bond donors (Lipinski definition) is 2. The molecule has 176 valence electrons. The molecule has 0 fully saturated rings. The van der Waals surface area contributed by atoms with Gasteiger partial charge in [0.1, 0.15) is 23.6 Å². The van der Waals surface area contributed by atoms with Crippen LogP contribution in [0.2, 0.25) is 0 Å². The lowest BCUT2D eigenvalue weighted by Crippen LogP contribution is -2.52. The summed E-state index contributed by atoms with van der Waals surface area (Å²) in [5.74, 6) is 1.67. The maximum atomic E-state index is 13.0. The molecule has 8 nitrogen and oxygen atoms in total. The lowest BCUT2D eigenvalue weighted by atomic mass is 10.0. The Hall–Kier alpha value is -3.91. The molecule has 0 radical (unpaired) electrons. The highest BCUT2D eigenvalue weighted by atomic mass is 16.5. The second-order valence-corrected chi connectivity index (χ2v) is 8.37. The maximum Gasteiger partial charge on any atom is 0.241 e. The third-order valence-corrected chi connectivity index (χ3v) is 5.80. The molecule has 8 heteroatoms. The lowest BCUT2D eigenvalue weighted by molar-refractivity contribution is -0.121. The van der Waals surface area contributed by atoms with E-state index in [2.05, 4.69) is 9.97 Å². The molecular weight excluding hydrogens is 430 g/mol. The fourth-order valence-electron chi connectivity index (χ4n) is 3.98. The highest BCUT2D eigenvalue weighted by molar-refractivity contribution is 6.02. The van der Waals surface area contributed by atoms with Gasteiger partial charge in [-0.15, -0.1) is 0 Å². The molecule has 34 heavy (non-hydrogen) atoms. The minimum atomic E-state index is -0.422. The van der Waals surface area contributed by atoms with E-state index in [0.717, 1.165) is 16.9 Å². The van der Waals surface area contributed by atoms with E-state index in [9.17, 15) is 9.90 Å². The van der Waals surface area contributed by atoms with Crippen LogP contribution < -0.4 is 15.5 Å². The van der Waals surface area contributed by atoms with Gasteiger partial charge < -0.3 is 15.6 Å². The van der Waals surface area contributed by atoms with E-state index in [-0.39, 0.29) is 24.9 Å². The highest BCUT2D eigenvalue weighted by Crippen LogP contribution is 2.35. The Morgan fingerprint density at radius 3 is 2.38 bits per heavy atom. The zero-order chi connectivity index (χ0) is 24.2. The van der Waals surface area contributed by atoms with Gasteiger partial charge in [-0.2, -0.15) is 0 Å². The van der Waals surface area contributed by atoms with E-state index in [1.807, 2.05) is 74.6 Å². The van der Waals surface area contributed by atoms with Crippen molar-refractivity contribution in [2.75, 3.05) is 17.3 Å². The zero-order valence-corrected chi connectivity index (χ0v) is 19.5. The Morgan fingerprint density at radius 2 is 1.76 bits per heavy atom. The van der Waals surface area contributed by atoms with Crippen molar-refractivity contribution in [3.05, 3.63) is 67.1 Å². The topological polar surface area (TPSA) is 106 Å². The summed E-state index contributed by atoms with van der Waals surface area (Å²) < 4.78 is 7.61. The van der Waals surface area contributed by atoms with Crippen LogP contribution in [0.15, 0.2) is 67.1 Å². The van der Waals surface area contributed by atoms with Gasteiger partial charge in [0, 0.05) is 18.2 Å². The molecule has 3 N–H and O–H groups in total. The Labute approximate surface area is 198 Å². The molecule has 4 aromatic rings. The molecule has 0 aliphatic rings. The van der Waals surface area contributed by atoms with Crippen LogP contribution in [0, 0.1) is 5.92 Å². The molecule has 0 bridgehead atoms. The molecular formula is C26H29N5O3. The first-order valence-corrected chi connectivity index (χ1v) is 11.3. The van der Waals surface area contributed by atoms with E-state index in [1.54, 1.807) is 16.6 Å². The number of rotatable bonds is 8. The number of amides is 1. The zero-order valence-electron chi connectivity index (χ0n) is 19.5. The van der Waals surface area contributed by atoms with Crippen LogP contribution in [0.1, 0.15) is 27.2 Å². The Kier molecular flexibility index (Phi) is 6.79. The largest absolute Gasteiger partial charge is 0.457 e. The number of nitrogens with zero attached hydrogens (tertiary/aromatic N) is 4. The van der Waals surface area contributed by atoms with Crippen LogP contribution >= 0.6 is 0 Å². The van der Waals surface area contributed by atoms with Gasteiger partial charge in [0.25, 0.3) is 0 Å². The summed E-state index contributed by atoms with van der Waals surface area (Å²) in [6, 6.07) is 16.8. The van der Waals surface area contributed by atoms with Crippen LogP contribution in [-0.4, -0.2) is 38.3 Å². The Bertz CT molecular complexity index is 1270. The Morgan fingerprint density at radius 1 is 1.09 bits per heavy atom. The van der Waals surface area contributed by atoms with E-state index in [4.69, 9.17) is 10.5 Å². The summed E-state index contributed by atoms with van der Waals surface area (Å²) in [4.78, 5) is 21.6. The van der Waals surface area contributed by atoms with E-state index in [1.165, 1.54) is 6.33 Å². The van der Waals surface area contributed by atoms with Crippen molar-refractivity contribution in [1.29, 1.82) is 0 Å². The molecule has 0 spiro atoms. The first-order valence-electron chi connectivity index (χ1n) is 11.3. The van der Waals surface area contributed by atoms with Crippen molar-refractivity contribution in [3.8, 4) is 22.6 Å². The fraction of sp³-hybridized carbons (Fsp3) is 0.269. The maximum absolute atomic E-state index is 13.0. The third kappa shape index (κ3) is 4.45. The van der Waals surface area contributed by atoms with Crippen LogP contribution in [0.5, 0.6) is 11.5 Å². The average Bonchev–Trinajstić information content (AvgIpc) is 3.23. The van der Waals surface area contributed by atoms with E-state index in [0.29, 0.717) is 22.6 Å². The van der Waals surface area contributed by atoms with Gasteiger partial charge in [0.05, 0.1) is 18.0 Å². The number of aromatic nitrogens is 3. The van der Waals surface area contributed by atoms with E-state index >= 15 is 0 Å². The number of carbonyl (C=O) groups excluding carboxylic acids is 1. The van der Waals surface area contributed by atoms with E-state index < -0.39 is 6.04 Å². The van der Waals surface area contributed by atoms with Gasteiger partial charge in [-0.05, 0) is 35.7 Å². The first kappa shape index (κ1) is 23.3. The molecule has 4 rings (SSSR count). The molecule has 0 aliphatic carbocycles. The van der Waals surface area contributed by atoms with Gasteiger partial charge in [-0.3, -0.25) is 4.79 Å². The number of nitrogens with two attached hydrogens (primary N) is 1. The number of aliphatic hydroxyl groups excluding tert-OH is 1. The number of hydrogen-bond acceptors (Lipinski definition) is 6. The first-order chi connectivity index (χ1) is 16.4. The normalized spacial score (nSPS) is 12.1. The standard InChI is InChI=1S/C26H29N5O3/c1-4-23(33)31(22(15-32)17(2)3)30-14-21(24-25(27)28-16-29-26(24)30)18-10-12-20(13-11-18)34-19-8-6-5-7-9-19/h5-14,16-17,22,32H,4,15H2,1-3H3,(H2,27,28,29). The Balaban J connectivity index is 1.81. The van der Waals surface area contributed by atoms with Gasteiger partial charge >= 0.3 is 0 Å². The quantitative estimate of drug-likeness (QED) is 0.405. The second-order valence-electron chi connectivity index (χ2n) is 8.37. The minimum Gasteiger partial charge on any atom is -0.457 e.